The quantitative estimate of drug-likeness (QED) is 0.677. The van der Waals surface area contributed by atoms with Gasteiger partial charge < -0.3 is 10.0 Å². The first kappa shape index (κ1) is 12.4. The summed E-state index contributed by atoms with van der Waals surface area (Å²) in [5.74, 6) is 0.282. The Labute approximate surface area is 84.4 Å². The van der Waals surface area contributed by atoms with E-state index >= 15 is 0 Å². The topological polar surface area (TPSA) is 53.4 Å². The molecule has 0 aromatic carbocycles. The minimum absolute atomic E-state index is 0. The van der Waals surface area contributed by atoms with Crippen molar-refractivity contribution in [1.82, 2.24) is 4.98 Å². The van der Waals surface area contributed by atoms with Gasteiger partial charge in [-0.3, -0.25) is 4.98 Å². The van der Waals surface area contributed by atoms with Crippen LogP contribution in [0.15, 0.2) is 18.5 Å². The lowest BCUT2D eigenvalue weighted by Gasteiger charge is -2.10. The van der Waals surface area contributed by atoms with Crippen LogP contribution in [-0.4, -0.2) is 22.2 Å². The number of pyridine rings is 1. The van der Waals surface area contributed by atoms with Crippen LogP contribution in [0.2, 0.25) is 0 Å². The second-order valence-electron chi connectivity index (χ2n) is 3.03. The smallest absolute Gasteiger partial charge is 0.423 e. The summed E-state index contributed by atoms with van der Waals surface area (Å²) in [4.78, 5) is 3.83. The summed E-state index contributed by atoms with van der Waals surface area (Å²) >= 11 is 0. The van der Waals surface area contributed by atoms with Crippen molar-refractivity contribution in [2.75, 3.05) is 0 Å². The van der Waals surface area contributed by atoms with E-state index in [9.17, 15) is 0 Å². The van der Waals surface area contributed by atoms with E-state index in [2.05, 4.69) is 4.98 Å². The second-order valence-corrected chi connectivity index (χ2v) is 3.03. The summed E-state index contributed by atoms with van der Waals surface area (Å²) in [5.41, 5.74) is 1.42. The van der Waals surface area contributed by atoms with Crippen LogP contribution in [0.25, 0.3) is 0 Å². The van der Waals surface area contributed by atoms with Crippen LogP contribution in [0, 0.1) is 0 Å². The number of nitrogens with zero attached hydrogens (tertiary/aromatic N) is 1. The molecule has 1 rings (SSSR count). The fraction of sp³-hybridized carbons (Fsp3) is 0.375. The highest BCUT2D eigenvalue weighted by molar-refractivity contribution is 6.59. The predicted molar refractivity (Wildman–Crippen MR) is 55.4 cm³/mol. The molecule has 0 atom stereocenters. The number of halogens is 1. The highest BCUT2D eigenvalue weighted by Gasteiger charge is 2.17. The van der Waals surface area contributed by atoms with E-state index in [1.54, 1.807) is 12.3 Å². The van der Waals surface area contributed by atoms with E-state index in [1.807, 2.05) is 13.8 Å². The molecular weight excluding hydrogens is 188 g/mol. The Kier molecular flexibility index (Phi) is 4.99. The molecule has 72 valence electrons. The lowest BCUT2D eigenvalue weighted by Crippen LogP contribution is -2.33. The number of rotatable bonds is 2. The lowest BCUT2D eigenvalue weighted by atomic mass is 9.76. The van der Waals surface area contributed by atoms with E-state index in [0.29, 0.717) is 5.46 Å². The summed E-state index contributed by atoms with van der Waals surface area (Å²) in [7, 11) is -1.42. The van der Waals surface area contributed by atoms with Crippen LogP contribution in [0.5, 0.6) is 0 Å². The van der Waals surface area contributed by atoms with Gasteiger partial charge in [-0.15, -0.1) is 12.4 Å². The van der Waals surface area contributed by atoms with Gasteiger partial charge in [0.15, 0.2) is 0 Å². The highest BCUT2D eigenvalue weighted by atomic mass is 35.5. The third-order valence-electron chi connectivity index (χ3n) is 1.79. The van der Waals surface area contributed by atoms with E-state index < -0.39 is 7.12 Å². The van der Waals surface area contributed by atoms with Crippen LogP contribution in [-0.2, 0) is 0 Å². The number of aromatic nitrogens is 1. The molecule has 2 N–H and O–H groups in total. The molecule has 0 bridgehead atoms. The van der Waals surface area contributed by atoms with Gasteiger partial charge in [-0.1, -0.05) is 13.8 Å². The molecule has 0 aliphatic heterocycles. The maximum absolute atomic E-state index is 8.97. The van der Waals surface area contributed by atoms with Crippen molar-refractivity contribution in [2.24, 2.45) is 0 Å². The molecule has 13 heavy (non-hydrogen) atoms. The third-order valence-corrected chi connectivity index (χ3v) is 1.79. The zero-order chi connectivity index (χ0) is 9.14. The van der Waals surface area contributed by atoms with Crippen molar-refractivity contribution in [1.29, 1.82) is 0 Å². The molecule has 0 aliphatic rings. The van der Waals surface area contributed by atoms with E-state index in [-0.39, 0.29) is 18.3 Å². The van der Waals surface area contributed by atoms with E-state index in [4.69, 9.17) is 10.0 Å². The van der Waals surface area contributed by atoms with E-state index in [0.717, 1.165) is 5.56 Å². The first-order chi connectivity index (χ1) is 5.63. The van der Waals surface area contributed by atoms with E-state index in [1.165, 1.54) is 6.20 Å². The molecule has 0 spiro atoms. The van der Waals surface area contributed by atoms with Gasteiger partial charge in [0, 0.05) is 17.9 Å². The van der Waals surface area contributed by atoms with Gasteiger partial charge in [0.05, 0.1) is 0 Å². The van der Waals surface area contributed by atoms with Crippen molar-refractivity contribution in [3.63, 3.8) is 0 Å². The summed E-state index contributed by atoms with van der Waals surface area (Å²) in [5, 5.41) is 17.9. The maximum atomic E-state index is 8.97. The van der Waals surface area contributed by atoms with Crippen molar-refractivity contribution in [3.8, 4) is 0 Å². The second kappa shape index (κ2) is 5.22. The zero-order valence-corrected chi connectivity index (χ0v) is 8.45. The fourth-order valence-electron chi connectivity index (χ4n) is 1.16. The molecule has 0 saturated carbocycles. The number of hydrogen-bond acceptors (Lipinski definition) is 3. The van der Waals surface area contributed by atoms with Crippen LogP contribution < -0.4 is 5.46 Å². The van der Waals surface area contributed by atoms with Gasteiger partial charge in [-0.25, -0.2) is 0 Å². The Bertz CT molecular complexity index is 241. The maximum Gasteiger partial charge on any atom is 0.490 e. The Morgan fingerprint density at radius 3 is 2.38 bits per heavy atom. The fourth-order valence-corrected chi connectivity index (χ4v) is 1.16. The zero-order valence-electron chi connectivity index (χ0n) is 7.64. The molecule has 0 amide bonds. The van der Waals surface area contributed by atoms with Crippen LogP contribution in [0.3, 0.4) is 0 Å². The van der Waals surface area contributed by atoms with Gasteiger partial charge >= 0.3 is 7.12 Å². The minimum Gasteiger partial charge on any atom is -0.423 e. The van der Waals surface area contributed by atoms with Crippen molar-refractivity contribution >= 4 is 25.0 Å². The molecule has 5 heteroatoms. The SMILES string of the molecule is CC(C)c1ccncc1B(O)O.Cl. The Hall–Kier alpha value is -0.575. The molecule has 0 fully saturated rings. The molecule has 1 heterocycles. The first-order valence-corrected chi connectivity index (χ1v) is 3.93. The van der Waals surface area contributed by atoms with Gasteiger partial charge in [0.2, 0.25) is 0 Å². The Morgan fingerprint density at radius 2 is 2.00 bits per heavy atom. The van der Waals surface area contributed by atoms with Crippen molar-refractivity contribution < 1.29 is 10.0 Å². The normalized spacial score (nSPS) is 9.62. The first-order valence-electron chi connectivity index (χ1n) is 3.93. The summed E-state index contributed by atoms with van der Waals surface area (Å²) in [6, 6.07) is 1.80. The Morgan fingerprint density at radius 1 is 1.38 bits per heavy atom. The molecular formula is C8H13BClNO2. The highest BCUT2D eigenvalue weighted by Crippen LogP contribution is 2.10. The average molecular weight is 201 g/mol. The van der Waals surface area contributed by atoms with Crippen LogP contribution >= 0.6 is 12.4 Å². The van der Waals surface area contributed by atoms with Crippen LogP contribution in [0.1, 0.15) is 25.3 Å². The molecule has 0 saturated heterocycles. The third kappa shape index (κ3) is 2.99. The summed E-state index contributed by atoms with van der Waals surface area (Å²) in [6.07, 6.45) is 3.14. The number of hydrogen-bond donors (Lipinski definition) is 2. The predicted octanol–water partition coefficient (Wildman–Crippen LogP) is 0.307. The monoisotopic (exact) mass is 201 g/mol. The van der Waals surface area contributed by atoms with Crippen LogP contribution in [0.4, 0.5) is 0 Å². The molecule has 0 aliphatic carbocycles. The minimum atomic E-state index is -1.42. The van der Waals surface area contributed by atoms with Gasteiger partial charge in [-0.2, -0.15) is 0 Å². The van der Waals surface area contributed by atoms with Gasteiger partial charge in [0.25, 0.3) is 0 Å². The van der Waals surface area contributed by atoms with Gasteiger partial charge in [-0.05, 0) is 17.5 Å². The lowest BCUT2D eigenvalue weighted by molar-refractivity contribution is 0.425. The summed E-state index contributed by atoms with van der Waals surface area (Å²) in [6.45, 7) is 4.00. The Balaban J connectivity index is 0.00000144. The summed E-state index contributed by atoms with van der Waals surface area (Å²) < 4.78 is 0. The largest absolute Gasteiger partial charge is 0.490 e. The molecule has 3 nitrogen and oxygen atoms in total. The van der Waals surface area contributed by atoms with Crippen molar-refractivity contribution in [3.05, 3.63) is 24.0 Å². The molecule has 1 aromatic rings. The standard InChI is InChI=1S/C8H12BNO2.ClH/c1-6(2)7-3-4-10-5-8(7)9(11)12;/h3-6,11-12H,1-2H3;1H. The molecule has 1 aromatic heterocycles. The van der Waals surface area contributed by atoms with Gasteiger partial charge in [0.1, 0.15) is 0 Å². The molecule has 0 unspecified atom stereocenters. The van der Waals surface area contributed by atoms with Crippen molar-refractivity contribution in [2.45, 2.75) is 19.8 Å². The molecule has 0 radical (unpaired) electrons. The average Bonchev–Trinajstić information content (AvgIpc) is 2.04.